The van der Waals surface area contributed by atoms with Crippen LogP contribution >= 0.6 is 11.8 Å². The van der Waals surface area contributed by atoms with Crippen LogP contribution in [-0.4, -0.2) is 42.9 Å². The van der Waals surface area contributed by atoms with Crippen molar-refractivity contribution in [3.8, 4) is 5.75 Å². The minimum atomic E-state index is -0.625. The van der Waals surface area contributed by atoms with Gasteiger partial charge in [-0.25, -0.2) is 4.79 Å². The lowest BCUT2D eigenvalue weighted by atomic mass is 9.94. The van der Waals surface area contributed by atoms with E-state index in [1.54, 1.807) is 23.8 Å². The van der Waals surface area contributed by atoms with Gasteiger partial charge in [0.2, 0.25) is 6.41 Å². The zero-order valence-corrected chi connectivity index (χ0v) is 14.9. The highest BCUT2D eigenvalue weighted by atomic mass is 32.2. The highest BCUT2D eigenvalue weighted by molar-refractivity contribution is 8.00. The highest BCUT2D eigenvalue weighted by Crippen LogP contribution is 2.51. The van der Waals surface area contributed by atoms with Crippen molar-refractivity contribution in [1.82, 2.24) is 4.90 Å². The summed E-state index contributed by atoms with van der Waals surface area (Å²) in [5.41, 5.74) is 0.823. The van der Waals surface area contributed by atoms with Crippen LogP contribution in [0.1, 0.15) is 31.6 Å². The number of hydrogen-bond acceptors (Lipinski definition) is 5. The predicted octanol–water partition coefficient (Wildman–Crippen LogP) is 2.86. The lowest BCUT2D eigenvalue weighted by Gasteiger charge is -2.33. The molecular formula is C17H23NO4S. The maximum Gasteiger partial charge on any atom is 0.330 e. The van der Waals surface area contributed by atoms with E-state index in [2.05, 4.69) is 20.8 Å². The van der Waals surface area contributed by atoms with Gasteiger partial charge in [-0.1, -0.05) is 32.9 Å². The Hall–Kier alpha value is -1.69. The Morgan fingerprint density at radius 1 is 1.22 bits per heavy atom. The fourth-order valence-electron chi connectivity index (χ4n) is 2.78. The molecule has 1 amide bonds. The SMILES string of the molecule is COC(=O)[C@@H]1[C@@H](c2ccc(OC)cc2)S[C@H](C(C)(C)C)N1C=O. The van der Waals surface area contributed by atoms with E-state index in [1.165, 1.54) is 7.11 Å². The maximum atomic E-state index is 12.3. The number of benzene rings is 1. The summed E-state index contributed by atoms with van der Waals surface area (Å²) in [6.07, 6.45) is 0.758. The van der Waals surface area contributed by atoms with Crippen LogP contribution in [0.2, 0.25) is 0 Å². The summed E-state index contributed by atoms with van der Waals surface area (Å²) in [5, 5.41) is -0.265. The van der Waals surface area contributed by atoms with E-state index >= 15 is 0 Å². The van der Waals surface area contributed by atoms with Crippen LogP contribution in [0, 0.1) is 5.41 Å². The molecule has 126 valence electrons. The fourth-order valence-corrected chi connectivity index (χ4v) is 4.50. The van der Waals surface area contributed by atoms with Gasteiger partial charge in [0.15, 0.2) is 0 Å². The normalized spacial score (nSPS) is 24.4. The van der Waals surface area contributed by atoms with Gasteiger partial charge in [-0.05, 0) is 23.1 Å². The van der Waals surface area contributed by atoms with Crippen molar-refractivity contribution >= 4 is 24.1 Å². The first kappa shape index (κ1) is 17.7. The fraction of sp³-hybridized carbons (Fsp3) is 0.529. The molecule has 0 aliphatic carbocycles. The number of hydrogen-bond donors (Lipinski definition) is 0. The summed E-state index contributed by atoms with van der Waals surface area (Å²) in [6, 6.07) is 6.96. The van der Waals surface area contributed by atoms with Crippen molar-refractivity contribution < 1.29 is 19.1 Å². The van der Waals surface area contributed by atoms with Gasteiger partial charge in [-0.3, -0.25) is 4.79 Å². The minimum absolute atomic E-state index is 0.101. The third-order valence-electron chi connectivity index (χ3n) is 3.90. The molecule has 0 spiro atoms. The van der Waals surface area contributed by atoms with Gasteiger partial charge in [-0.15, -0.1) is 11.8 Å². The molecule has 1 saturated heterocycles. The molecule has 0 radical (unpaired) electrons. The third-order valence-corrected chi connectivity index (χ3v) is 5.94. The number of methoxy groups -OCH3 is 2. The van der Waals surface area contributed by atoms with E-state index in [4.69, 9.17) is 9.47 Å². The average Bonchev–Trinajstić information content (AvgIpc) is 2.94. The number of nitrogens with zero attached hydrogens (tertiary/aromatic N) is 1. The smallest absolute Gasteiger partial charge is 0.330 e. The van der Waals surface area contributed by atoms with Crippen LogP contribution in [0.15, 0.2) is 24.3 Å². The summed E-state index contributed by atoms with van der Waals surface area (Å²) < 4.78 is 10.1. The third kappa shape index (κ3) is 3.47. The molecule has 0 saturated carbocycles. The molecule has 1 heterocycles. The van der Waals surface area contributed by atoms with Gasteiger partial charge in [0, 0.05) is 0 Å². The van der Waals surface area contributed by atoms with Gasteiger partial charge >= 0.3 is 5.97 Å². The van der Waals surface area contributed by atoms with Crippen molar-refractivity contribution in [1.29, 1.82) is 0 Å². The Morgan fingerprint density at radius 3 is 2.26 bits per heavy atom. The first-order valence-corrected chi connectivity index (χ1v) is 8.37. The highest BCUT2D eigenvalue weighted by Gasteiger charge is 2.50. The van der Waals surface area contributed by atoms with Crippen LogP contribution in [0.4, 0.5) is 0 Å². The zero-order chi connectivity index (χ0) is 17.2. The number of amides is 1. The van der Waals surface area contributed by atoms with Crippen LogP contribution in [-0.2, 0) is 14.3 Å². The van der Waals surface area contributed by atoms with Crippen molar-refractivity contribution in [2.24, 2.45) is 5.41 Å². The second kappa shape index (κ2) is 6.83. The first-order valence-electron chi connectivity index (χ1n) is 7.43. The lowest BCUT2D eigenvalue weighted by Crippen LogP contribution is -2.46. The predicted molar refractivity (Wildman–Crippen MR) is 90.3 cm³/mol. The number of esters is 1. The van der Waals surface area contributed by atoms with Gasteiger partial charge < -0.3 is 14.4 Å². The molecule has 0 unspecified atom stereocenters. The Labute approximate surface area is 141 Å². The molecule has 3 atom stereocenters. The molecule has 0 aromatic heterocycles. The topological polar surface area (TPSA) is 55.8 Å². The minimum Gasteiger partial charge on any atom is -0.497 e. The van der Waals surface area contributed by atoms with Crippen molar-refractivity contribution in [3.05, 3.63) is 29.8 Å². The van der Waals surface area contributed by atoms with Crippen LogP contribution < -0.4 is 4.74 Å². The Balaban J connectivity index is 2.42. The Morgan fingerprint density at radius 2 is 1.83 bits per heavy atom. The number of carbonyl (C=O) groups is 2. The Kier molecular flexibility index (Phi) is 5.24. The molecule has 1 fully saturated rings. The van der Waals surface area contributed by atoms with Crippen molar-refractivity contribution in [3.63, 3.8) is 0 Å². The molecule has 0 bridgehead atoms. The molecule has 1 aliphatic rings. The molecule has 23 heavy (non-hydrogen) atoms. The van der Waals surface area contributed by atoms with Crippen LogP contribution in [0.5, 0.6) is 5.75 Å². The van der Waals surface area contributed by atoms with E-state index in [-0.39, 0.29) is 16.0 Å². The molecule has 1 aromatic rings. The number of carbonyl (C=O) groups excluding carboxylic acids is 2. The Bertz CT molecular complexity index is 567. The van der Waals surface area contributed by atoms with Crippen molar-refractivity contribution in [2.45, 2.75) is 37.4 Å². The molecule has 6 heteroatoms. The van der Waals surface area contributed by atoms with E-state index < -0.39 is 12.0 Å². The largest absolute Gasteiger partial charge is 0.497 e. The molecule has 2 rings (SSSR count). The number of ether oxygens (including phenoxy) is 2. The van der Waals surface area contributed by atoms with E-state index in [1.807, 2.05) is 24.3 Å². The zero-order valence-electron chi connectivity index (χ0n) is 14.1. The average molecular weight is 337 g/mol. The van der Waals surface area contributed by atoms with E-state index in [0.717, 1.165) is 17.7 Å². The van der Waals surface area contributed by atoms with E-state index in [0.29, 0.717) is 0 Å². The lowest BCUT2D eigenvalue weighted by molar-refractivity contribution is -0.150. The summed E-state index contributed by atoms with van der Waals surface area (Å²) in [4.78, 5) is 25.5. The second-order valence-corrected chi connectivity index (χ2v) is 7.80. The summed E-state index contributed by atoms with van der Waals surface area (Å²) in [5.74, 6) is 0.364. The van der Waals surface area contributed by atoms with Crippen molar-refractivity contribution in [2.75, 3.05) is 14.2 Å². The second-order valence-electron chi connectivity index (χ2n) is 6.57. The van der Waals surface area contributed by atoms with Gasteiger partial charge in [0.1, 0.15) is 11.8 Å². The molecule has 5 nitrogen and oxygen atoms in total. The molecule has 1 aliphatic heterocycles. The summed E-state index contributed by atoms with van der Waals surface area (Å²) in [7, 11) is 2.96. The monoisotopic (exact) mass is 337 g/mol. The molecular weight excluding hydrogens is 314 g/mol. The maximum absolute atomic E-state index is 12.3. The summed E-state index contributed by atoms with van der Waals surface area (Å²) in [6.45, 7) is 6.18. The molecule has 0 N–H and O–H groups in total. The van der Waals surface area contributed by atoms with E-state index in [9.17, 15) is 9.59 Å². The van der Waals surface area contributed by atoms with Gasteiger partial charge in [0.05, 0.1) is 24.8 Å². The van der Waals surface area contributed by atoms with Gasteiger partial charge in [-0.2, -0.15) is 0 Å². The summed E-state index contributed by atoms with van der Waals surface area (Å²) >= 11 is 1.62. The molecule has 1 aromatic carbocycles. The first-order chi connectivity index (χ1) is 10.8. The standard InChI is InChI=1S/C17H23NO4S/c1-17(2,3)16-18(10-19)13(15(20)22-5)14(23-16)11-6-8-12(21-4)9-7-11/h6-10,13-14,16H,1-5H3/t13-,14+,16+/m0/s1. The quantitative estimate of drug-likeness (QED) is 0.625. The number of thioether (sulfide) groups is 1. The van der Waals surface area contributed by atoms with Crippen LogP contribution in [0.3, 0.4) is 0 Å². The van der Waals surface area contributed by atoms with Gasteiger partial charge in [0.25, 0.3) is 0 Å². The van der Waals surface area contributed by atoms with Crippen LogP contribution in [0.25, 0.3) is 0 Å². The number of rotatable bonds is 4.